The molecule has 3 rings (SSSR count). The van der Waals surface area contributed by atoms with Crippen LogP contribution in [0.4, 0.5) is 0 Å². The highest BCUT2D eigenvalue weighted by Gasteiger charge is 2.33. The number of likely N-dealkylation sites (tertiary alicyclic amines) is 1. The summed E-state index contributed by atoms with van der Waals surface area (Å²) in [4.78, 5) is 2.94. The van der Waals surface area contributed by atoms with Crippen molar-refractivity contribution in [3.05, 3.63) is 29.8 Å². The summed E-state index contributed by atoms with van der Waals surface area (Å²) >= 11 is 0. The molecule has 0 radical (unpaired) electrons. The zero-order valence-electron chi connectivity index (χ0n) is 12.7. The maximum absolute atomic E-state index is 12.9. The molecule has 0 amide bonds. The van der Waals surface area contributed by atoms with Gasteiger partial charge in [-0.2, -0.15) is 4.31 Å². The predicted octanol–water partition coefficient (Wildman–Crippen LogP) is 2.24. The van der Waals surface area contributed by atoms with E-state index < -0.39 is 10.0 Å². The molecular formula is C16H24N2O2S. The molecule has 1 aromatic carbocycles. The van der Waals surface area contributed by atoms with E-state index in [9.17, 15) is 8.42 Å². The predicted molar refractivity (Wildman–Crippen MR) is 83.8 cm³/mol. The minimum Gasteiger partial charge on any atom is -0.299 e. The van der Waals surface area contributed by atoms with Gasteiger partial charge in [0.15, 0.2) is 0 Å². The second-order valence-corrected chi connectivity index (χ2v) is 8.07. The van der Waals surface area contributed by atoms with Crippen LogP contribution in [0.15, 0.2) is 29.2 Å². The molecule has 2 fully saturated rings. The van der Waals surface area contributed by atoms with E-state index in [-0.39, 0.29) is 0 Å². The molecule has 2 aliphatic heterocycles. The van der Waals surface area contributed by atoms with Crippen molar-refractivity contribution in [1.82, 2.24) is 9.21 Å². The third kappa shape index (κ3) is 3.00. The van der Waals surface area contributed by atoms with E-state index in [0.29, 0.717) is 24.0 Å². The third-order valence-corrected chi connectivity index (χ3v) is 6.75. The van der Waals surface area contributed by atoms with Crippen LogP contribution < -0.4 is 0 Å². The summed E-state index contributed by atoms with van der Waals surface area (Å²) in [5.41, 5.74) is 0.834. The molecule has 0 spiro atoms. The Hall–Kier alpha value is -0.910. The minimum absolute atomic E-state index is 0.403. The van der Waals surface area contributed by atoms with Gasteiger partial charge in [0.1, 0.15) is 0 Å². The number of sulfonamides is 1. The highest BCUT2D eigenvalue weighted by Crippen LogP contribution is 2.26. The van der Waals surface area contributed by atoms with Crippen LogP contribution in [0.2, 0.25) is 0 Å². The molecule has 0 bridgehead atoms. The molecule has 2 heterocycles. The lowest BCUT2D eigenvalue weighted by Crippen LogP contribution is -2.48. The molecule has 5 heteroatoms. The van der Waals surface area contributed by atoms with Gasteiger partial charge < -0.3 is 0 Å². The van der Waals surface area contributed by atoms with Gasteiger partial charge in [0.25, 0.3) is 0 Å². The van der Waals surface area contributed by atoms with Gasteiger partial charge in [0, 0.05) is 19.1 Å². The molecule has 1 atom stereocenters. The normalized spacial score (nSPS) is 25.3. The summed E-state index contributed by atoms with van der Waals surface area (Å²) in [6.45, 7) is 5.43. The fourth-order valence-corrected chi connectivity index (χ4v) is 5.27. The van der Waals surface area contributed by atoms with Crippen LogP contribution in [0.5, 0.6) is 0 Å². The maximum atomic E-state index is 12.9. The summed E-state index contributed by atoms with van der Waals surface area (Å²) in [6.07, 6.45) is 4.59. The molecule has 2 saturated heterocycles. The average molecular weight is 308 g/mol. The Kier molecular flexibility index (Phi) is 4.33. The van der Waals surface area contributed by atoms with Crippen molar-refractivity contribution >= 4 is 10.0 Å². The monoisotopic (exact) mass is 308 g/mol. The lowest BCUT2D eigenvalue weighted by Gasteiger charge is -2.37. The molecule has 1 aromatic rings. The van der Waals surface area contributed by atoms with E-state index in [2.05, 4.69) is 4.90 Å². The number of hydrogen-bond acceptors (Lipinski definition) is 3. The summed E-state index contributed by atoms with van der Waals surface area (Å²) in [5.74, 6) is 0. The third-order valence-electron chi connectivity index (χ3n) is 4.73. The van der Waals surface area contributed by atoms with E-state index in [4.69, 9.17) is 0 Å². The molecule has 0 aliphatic carbocycles. The first kappa shape index (κ1) is 15.0. The Morgan fingerprint density at radius 1 is 1.05 bits per heavy atom. The number of nitrogens with zero attached hydrogens (tertiary/aromatic N) is 2. The maximum Gasteiger partial charge on any atom is 0.243 e. The van der Waals surface area contributed by atoms with Crippen LogP contribution in [-0.4, -0.2) is 49.8 Å². The molecule has 0 aromatic heterocycles. The van der Waals surface area contributed by atoms with Crippen molar-refractivity contribution in [2.45, 2.75) is 43.5 Å². The Morgan fingerprint density at radius 3 is 2.48 bits per heavy atom. The van der Waals surface area contributed by atoms with Crippen LogP contribution in [0.3, 0.4) is 0 Å². The molecule has 2 aliphatic rings. The first-order chi connectivity index (χ1) is 10.1. The number of piperidine rings is 1. The molecular weight excluding hydrogens is 284 g/mol. The first-order valence-corrected chi connectivity index (χ1v) is 9.33. The molecule has 116 valence electrons. The summed E-state index contributed by atoms with van der Waals surface area (Å²) in [5, 5.41) is 0. The van der Waals surface area contributed by atoms with Crippen molar-refractivity contribution in [2.75, 3.05) is 26.2 Å². The number of aryl methyl sites for hydroxylation is 1. The van der Waals surface area contributed by atoms with Gasteiger partial charge >= 0.3 is 0 Å². The highest BCUT2D eigenvalue weighted by molar-refractivity contribution is 7.89. The quantitative estimate of drug-likeness (QED) is 0.860. The summed E-state index contributed by atoms with van der Waals surface area (Å²) < 4.78 is 27.4. The highest BCUT2D eigenvalue weighted by atomic mass is 32.2. The zero-order valence-corrected chi connectivity index (χ0v) is 13.5. The molecule has 0 saturated carbocycles. The fraction of sp³-hybridized carbons (Fsp3) is 0.625. The standard InChI is InChI=1S/C16H24N2O2S/c1-14-7-2-3-9-16(14)21(19,20)18-12-6-8-15(13-18)17-10-4-5-11-17/h2-3,7,9,15H,4-6,8,10-13H2,1H3. The second-order valence-electron chi connectivity index (χ2n) is 6.17. The Bertz CT molecular complexity index is 594. The largest absolute Gasteiger partial charge is 0.299 e. The van der Waals surface area contributed by atoms with E-state index in [1.165, 1.54) is 12.8 Å². The first-order valence-electron chi connectivity index (χ1n) is 7.89. The van der Waals surface area contributed by atoms with Crippen molar-refractivity contribution in [3.63, 3.8) is 0 Å². The Balaban J connectivity index is 1.80. The minimum atomic E-state index is -3.35. The van der Waals surface area contributed by atoms with Crippen LogP contribution in [-0.2, 0) is 10.0 Å². The van der Waals surface area contributed by atoms with Gasteiger partial charge in [0.05, 0.1) is 4.90 Å². The van der Waals surface area contributed by atoms with E-state index in [1.54, 1.807) is 10.4 Å². The summed E-state index contributed by atoms with van der Waals surface area (Å²) in [6, 6.07) is 7.69. The van der Waals surface area contributed by atoms with Crippen LogP contribution in [0.25, 0.3) is 0 Å². The molecule has 21 heavy (non-hydrogen) atoms. The smallest absolute Gasteiger partial charge is 0.243 e. The van der Waals surface area contributed by atoms with Crippen LogP contribution in [0, 0.1) is 6.92 Å². The number of hydrogen-bond donors (Lipinski definition) is 0. The van der Waals surface area contributed by atoms with Gasteiger partial charge in [-0.05, 0) is 57.3 Å². The fourth-order valence-electron chi connectivity index (χ4n) is 3.53. The zero-order chi connectivity index (χ0) is 14.9. The van der Waals surface area contributed by atoms with Crippen molar-refractivity contribution in [3.8, 4) is 0 Å². The number of rotatable bonds is 3. The van der Waals surface area contributed by atoms with Crippen LogP contribution >= 0.6 is 0 Å². The summed E-state index contributed by atoms with van der Waals surface area (Å²) in [7, 11) is -3.35. The average Bonchev–Trinajstić information content (AvgIpc) is 3.02. The molecule has 0 N–H and O–H groups in total. The van der Waals surface area contributed by atoms with E-state index in [1.807, 2.05) is 25.1 Å². The van der Waals surface area contributed by atoms with Gasteiger partial charge in [-0.15, -0.1) is 0 Å². The lowest BCUT2D eigenvalue weighted by molar-refractivity contribution is 0.162. The van der Waals surface area contributed by atoms with Gasteiger partial charge in [-0.25, -0.2) is 8.42 Å². The Labute approximate surface area is 127 Å². The molecule has 4 nitrogen and oxygen atoms in total. The van der Waals surface area contributed by atoms with Gasteiger partial charge in [-0.1, -0.05) is 18.2 Å². The lowest BCUT2D eigenvalue weighted by atomic mass is 10.1. The van der Waals surface area contributed by atoms with Crippen molar-refractivity contribution in [1.29, 1.82) is 0 Å². The molecule has 1 unspecified atom stereocenters. The number of benzene rings is 1. The SMILES string of the molecule is Cc1ccccc1S(=O)(=O)N1CCCC(N2CCCC2)C1. The van der Waals surface area contributed by atoms with Crippen LogP contribution in [0.1, 0.15) is 31.2 Å². The Morgan fingerprint density at radius 2 is 1.76 bits per heavy atom. The van der Waals surface area contributed by atoms with E-state index >= 15 is 0 Å². The van der Waals surface area contributed by atoms with E-state index in [0.717, 1.165) is 31.5 Å². The van der Waals surface area contributed by atoms with Gasteiger partial charge in [-0.3, -0.25) is 4.90 Å². The van der Waals surface area contributed by atoms with Crippen molar-refractivity contribution in [2.24, 2.45) is 0 Å². The topological polar surface area (TPSA) is 40.6 Å². The second kappa shape index (κ2) is 6.07. The van der Waals surface area contributed by atoms with Gasteiger partial charge in [0.2, 0.25) is 10.0 Å². The van der Waals surface area contributed by atoms with Crippen molar-refractivity contribution < 1.29 is 8.42 Å².